The van der Waals surface area contributed by atoms with Gasteiger partial charge in [0.05, 0.1) is 19.0 Å². The number of imidazole rings is 1. The van der Waals surface area contributed by atoms with Gasteiger partial charge in [0.2, 0.25) is 59.1 Å². The Labute approximate surface area is 527 Å². The monoisotopic (exact) mass is 1280 g/mol. The number of carbonyl (C=O) groups is 11. The van der Waals surface area contributed by atoms with E-state index in [2.05, 4.69) is 64.8 Å². The molecule has 0 aliphatic carbocycles. The van der Waals surface area contributed by atoms with Gasteiger partial charge in [-0.25, -0.2) is 9.78 Å². The molecule has 16 N–H and O–H groups in total. The van der Waals surface area contributed by atoms with Crippen molar-refractivity contribution in [3.8, 4) is 0 Å². The number of thiol groups is 1. The summed E-state index contributed by atoms with van der Waals surface area (Å²) in [7, 11) is 0. The molecule has 3 aliphatic heterocycles. The highest BCUT2D eigenvalue weighted by Crippen LogP contribution is 2.25. The second-order valence-electron chi connectivity index (χ2n) is 23.3. The summed E-state index contributed by atoms with van der Waals surface area (Å²) in [6.07, 6.45) is 6.82. The van der Waals surface area contributed by atoms with Gasteiger partial charge in [-0.05, 0) is 93.6 Å². The number of carboxylic acid groups (broad SMARTS) is 1. The van der Waals surface area contributed by atoms with E-state index >= 15 is 0 Å². The van der Waals surface area contributed by atoms with Crippen molar-refractivity contribution in [3.05, 3.63) is 54.1 Å². The number of aliphatic carboxylic acids is 1. The first kappa shape index (κ1) is 72.2. The molecule has 29 nitrogen and oxygen atoms in total. The van der Waals surface area contributed by atoms with Gasteiger partial charge >= 0.3 is 5.97 Å². The molecule has 3 saturated heterocycles. The normalized spacial score (nSPS) is 19.2. The second-order valence-corrected chi connectivity index (χ2v) is 24.7. The van der Waals surface area contributed by atoms with Gasteiger partial charge in [0.25, 0.3) is 0 Å². The molecule has 31 heteroatoms. The zero-order chi connectivity index (χ0) is 65.5. The molecule has 0 spiro atoms. The fourth-order valence-electron chi connectivity index (χ4n) is 11.0. The SMILES string of the molecule is CSCC[C@H](NC(=O)[C@@H](N)CS)C(=O)N1CCC[C@H]1C(=O)N[C@@H](CC(C)C)C(=O)N[C@@H](Cc1cnc[nH]1)C(=O)N[C@@H](CO)C(=O)N[C@@H](CCCN=C(N)N)C(=O)N[C@H](C(=O)N1CCC[C@H]1C(=O)N[C@@H](Cc1ccccc1)C(=O)N1CCC[C@H]1C(=O)O)C(C)C. The lowest BCUT2D eigenvalue weighted by molar-refractivity contribution is -0.150. The molecule has 3 aliphatic rings. The summed E-state index contributed by atoms with van der Waals surface area (Å²) in [5, 5.41) is 39.3. The number of aromatic amines is 1. The highest BCUT2D eigenvalue weighted by atomic mass is 32.2. The topological polar surface area (TPSA) is 441 Å². The maximum atomic E-state index is 14.6. The van der Waals surface area contributed by atoms with Crippen LogP contribution in [-0.4, -0.2) is 223 Å². The first-order chi connectivity index (χ1) is 42.4. The van der Waals surface area contributed by atoms with Crippen LogP contribution in [0.1, 0.15) is 103 Å². The number of carboxylic acids is 1. The third-order valence-electron chi connectivity index (χ3n) is 15.7. The summed E-state index contributed by atoms with van der Waals surface area (Å²) in [6.45, 7) is 6.49. The lowest BCUT2D eigenvalue weighted by Crippen LogP contribution is -2.61. The molecule has 89 heavy (non-hydrogen) atoms. The van der Waals surface area contributed by atoms with E-state index in [0.29, 0.717) is 36.3 Å². The van der Waals surface area contributed by atoms with Crippen LogP contribution in [-0.2, 0) is 65.6 Å². The Kier molecular flexibility index (Phi) is 28.9. The largest absolute Gasteiger partial charge is 0.480 e. The van der Waals surface area contributed by atoms with Gasteiger partial charge in [0.1, 0.15) is 60.4 Å². The molecule has 0 saturated carbocycles. The van der Waals surface area contributed by atoms with Gasteiger partial charge in [-0.1, -0.05) is 58.0 Å². The number of guanidine groups is 1. The molecular weight excluding hydrogens is 1190 g/mol. The van der Waals surface area contributed by atoms with E-state index < -0.39 is 144 Å². The van der Waals surface area contributed by atoms with E-state index in [1.54, 1.807) is 44.2 Å². The molecule has 1 aromatic heterocycles. The van der Waals surface area contributed by atoms with Gasteiger partial charge in [-0.15, -0.1) is 0 Å². The molecule has 5 rings (SSSR count). The summed E-state index contributed by atoms with van der Waals surface area (Å²) >= 11 is 5.57. The number of hydrogen-bond acceptors (Lipinski definition) is 17. The number of H-pyrrole nitrogens is 1. The van der Waals surface area contributed by atoms with Gasteiger partial charge in [-0.3, -0.25) is 52.9 Å². The lowest BCUT2D eigenvalue weighted by Gasteiger charge is -2.33. The number of nitrogens with one attached hydrogen (secondary N) is 8. The zero-order valence-electron chi connectivity index (χ0n) is 51.2. The van der Waals surface area contributed by atoms with Crippen molar-refractivity contribution >= 4 is 95.4 Å². The summed E-state index contributed by atoms with van der Waals surface area (Å²) in [5.41, 5.74) is 18.1. The van der Waals surface area contributed by atoms with Crippen molar-refractivity contribution in [2.75, 3.05) is 50.5 Å². The van der Waals surface area contributed by atoms with Crippen molar-refractivity contribution in [1.82, 2.24) is 61.9 Å². The minimum atomic E-state index is -1.74. The fourth-order valence-corrected chi connectivity index (χ4v) is 11.6. The minimum absolute atomic E-state index is 0.0110. The predicted molar refractivity (Wildman–Crippen MR) is 334 cm³/mol. The van der Waals surface area contributed by atoms with E-state index in [9.17, 15) is 63.0 Å². The van der Waals surface area contributed by atoms with E-state index in [1.807, 2.05) is 20.1 Å². The Morgan fingerprint density at radius 3 is 1.75 bits per heavy atom. The molecule has 0 unspecified atom stereocenters. The molecule has 3 fully saturated rings. The summed E-state index contributed by atoms with van der Waals surface area (Å²) in [4.78, 5) is 168. The van der Waals surface area contributed by atoms with E-state index in [1.165, 1.54) is 39.0 Å². The number of hydrogen-bond donors (Lipinski definition) is 14. The fraction of sp³-hybridized carbons (Fsp3) is 0.638. The van der Waals surface area contributed by atoms with Crippen LogP contribution in [0.4, 0.5) is 0 Å². The Morgan fingerprint density at radius 1 is 0.674 bits per heavy atom. The van der Waals surface area contributed by atoms with Crippen LogP contribution in [0, 0.1) is 11.8 Å². The Morgan fingerprint density at radius 2 is 1.20 bits per heavy atom. The number of aromatic nitrogens is 2. The van der Waals surface area contributed by atoms with Crippen molar-refractivity contribution in [2.45, 2.75) is 171 Å². The lowest BCUT2D eigenvalue weighted by atomic mass is 10.0. The van der Waals surface area contributed by atoms with Crippen LogP contribution < -0.4 is 54.4 Å². The van der Waals surface area contributed by atoms with Crippen molar-refractivity contribution in [1.29, 1.82) is 0 Å². The van der Waals surface area contributed by atoms with Crippen molar-refractivity contribution in [2.24, 2.45) is 34.0 Å². The number of rotatable bonds is 34. The number of aliphatic hydroxyl groups excluding tert-OH is 1. The number of thioether (sulfide) groups is 1. The number of benzene rings is 1. The Hall–Kier alpha value is -7.51. The minimum Gasteiger partial charge on any atom is -0.480 e. The van der Waals surface area contributed by atoms with Crippen molar-refractivity contribution < 1.29 is 63.0 Å². The van der Waals surface area contributed by atoms with E-state index in [-0.39, 0.29) is 102 Å². The third kappa shape index (κ3) is 21.3. The van der Waals surface area contributed by atoms with Gasteiger partial charge in [0, 0.05) is 56.7 Å². The molecule has 1 aromatic carbocycles. The standard InChI is InChI=1S/C58H90N16O13S2/c1-32(2)25-39(68-52(81)43-16-10-21-72(43)54(83)38(19-24-89-5)66-47(76)36(59)30-88)49(78)67-40(27-35-28-62-31-64-35)50(79)70-42(29-75)51(80)65-37(15-9-20-63-58(60)61)48(77)71-46(33(3)4)56(85)73-22-11-17-44(73)53(82)69-41(26-34-13-7-6-8-14-34)55(84)74-23-12-18-45(74)57(86)87/h6-8,13-14,28,31-33,36-46,75,88H,9-12,15-27,29-30,59H2,1-5H3,(H,62,64)(H,65,80)(H,66,76)(H,67,78)(H,68,81)(H,69,82)(H,70,79)(H,71,77)(H,86,87)(H4,60,61,63)/t36-,37-,38-,39-,40-,41-,42-,43-,44-,45-,46-/m0/s1. The van der Waals surface area contributed by atoms with Crippen LogP contribution in [0.15, 0.2) is 47.8 Å². The summed E-state index contributed by atoms with van der Waals surface area (Å²) in [5.74, 6) is -8.79. The van der Waals surface area contributed by atoms with E-state index in [4.69, 9.17) is 17.2 Å². The van der Waals surface area contributed by atoms with Gasteiger partial charge < -0.3 is 84.3 Å². The highest BCUT2D eigenvalue weighted by molar-refractivity contribution is 7.98. The number of nitrogens with zero attached hydrogens (tertiary/aromatic N) is 5. The second kappa shape index (κ2) is 35.6. The number of amides is 10. The summed E-state index contributed by atoms with van der Waals surface area (Å²) in [6, 6.07) is -4.55. The number of nitrogens with two attached hydrogens (primary N) is 3. The maximum absolute atomic E-state index is 14.6. The van der Waals surface area contributed by atoms with Crippen LogP contribution in [0.3, 0.4) is 0 Å². The molecular formula is C58H90N16O13S2. The van der Waals surface area contributed by atoms with E-state index in [0.717, 1.165) is 0 Å². The average Bonchev–Trinajstić information content (AvgIpc) is 2.24. The number of carbonyl (C=O) groups excluding carboxylic acids is 10. The van der Waals surface area contributed by atoms with Gasteiger partial charge in [-0.2, -0.15) is 24.4 Å². The molecule has 2 aromatic rings. The third-order valence-corrected chi connectivity index (χ3v) is 16.8. The Bertz CT molecular complexity index is 2780. The van der Waals surface area contributed by atoms with Crippen molar-refractivity contribution in [3.63, 3.8) is 0 Å². The van der Waals surface area contributed by atoms with Gasteiger partial charge in [0.15, 0.2) is 5.96 Å². The van der Waals surface area contributed by atoms with Crippen LogP contribution in [0.5, 0.6) is 0 Å². The number of likely N-dealkylation sites (tertiary alicyclic amines) is 3. The first-order valence-electron chi connectivity index (χ1n) is 30.2. The molecule has 10 amide bonds. The van der Waals surface area contributed by atoms with Crippen LogP contribution >= 0.6 is 24.4 Å². The highest BCUT2D eigenvalue weighted by Gasteiger charge is 2.44. The zero-order valence-corrected chi connectivity index (χ0v) is 52.9. The predicted octanol–water partition coefficient (Wildman–Crippen LogP) is -2.60. The molecule has 492 valence electrons. The van der Waals surface area contributed by atoms with Crippen LogP contribution in [0.2, 0.25) is 0 Å². The quantitative estimate of drug-likeness (QED) is 0.0148. The first-order valence-corrected chi connectivity index (χ1v) is 32.2. The maximum Gasteiger partial charge on any atom is 0.326 e. The summed E-state index contributed by atoms with van der Waals surface area (Å²) < 4.78 is 0. The molecule has 0 bridgehead atoms. The number of aliphatic hydroxyl groups is 1. The molecule has 0 radical (unpaired) electrons. The smallest absolute Gasteiger partial charge is 0.326 e. The van der Waals surface area contributed by atoms with Crippen LogP contribution in [0.25, 0.3) is 0 Å². The molecule has 4 heterocycles. The number of aliphatic imine (C=N–C) groups is 1. The average molecular weight is 1280 g/mol. The Balaban J connectivity index is 1.31. The molecule has 11 atom stereocenters.